The summed E-state index contributed by atoms with van der Waals surface area (Å²) in [5, 5.41) is 2.96. The van der Waals surface area contributed by atoms with Crippen LogP contribution in [0.1, 0.15) is 19.3 Å². The minimum absolute atomic E-state index is 0. The lowest BCUT2D eigenvalue weighted by molar-refractivity contribution is -0.105. The van der Waals surface area contributed by atoms with Gasteiger partial charge < -0.3 is 10.1 Å². The van der Waals surface area contributed by atoms with Crippen LogP contribution in [0.2, 0.25) is 0 Å². The van der Waals surface area contributed by atoms with E-state index in [4.69, 9.17) is 4.74 Å². The van der Waals surface area contributed by atoms with E-state index in [2.05, 4.69) is 10.2 Å². The number of nitrogens with one attached hydrogen (secondary N) is 1. The quantitative estimate of drug-likeness (QED) is 0.809. The van der Waals surface area contributed by atoms with Gasteiger partial charge in [0.1, 0.15) is 11.9 Å². The molecule has 1 aromatic heterocycles. The second-order valence-corrected chi connectivity index (χ2v) is 8.08. The van der Waals surface area contributed by atoms with Gasteiger partial charge >= 0.3 is 0 Å². The molecule has 3 saturated heterocycles. The first kappa shape index (κ1) is 17.1. The van der Waals surface area contributed by atoms with Gasteiger partial charge in [0.25, 0.3) is 0 Å². The van der Waals surface area contributed by atoms with Crippen LogP contribution in [-0.4, -0.2) is 30.1 Å². The fraction of sp³-hybridized carbons (Fsp3) is 0.444. The molecule has 2 aromatic rings. The number of fused-ring (bicyclic) bond motifs is 3. The molecule has 3 fully saturated rings. The zero-order valence-electron chi connectivity index (χ0n) is 13.6. The van der Waals surface area contributed by atoms with Crippen LogP contribution in [0.15, 0.2) is 30.2 Å². The first-order valence-electron chi connectivity index (χ1n) is 8.37. The molecule has 3 nitrogen and oxygen atoms in total. The van der Waals surface area contributed by atoms with Gasteiger partial charge in [-0.05, 0) is 44.1 Å². The van der Waals surface area contributed by atoms with Crippen molar-refractivity contribution in [3.63, 3.8) is 0 Å². The Morgan fingerprint density at radius 2 is 2.04 bits per heavy atom. The van der Waals surface area contributed by atoms with Crippen molar-refractivity contribution in [3.05, 3.63) is 41.1 Å². The first-order valence-corrected chi connectivity index (χ1v) is 9.18. The number of rotatable bonds is 2. The summed E-state index contributed by atoms with van der Waals surface area (Å²) in [5.41, 5.74) is 1.81. The van der Waals surface area contributed by atoms with Gasteiger partial charge in [-0.3, -0.25) is 4.90 Å². The number of anilines is 1. The van der Waals surface area contributed by atoms with Crippen LogP contribution < -0.4 is 5.32 Å². The van der Waals surface area contributed by atoms with E-state index in [9.17, 15) is 8.78 Å². The Hall–Kier alpha value is -1.37. The molecule has 4 aliphatic heterocycles. The van der Waals surface area contributed by atoms with E-state index in [0.29, 0.717) is 16.0 Å². The van der Waals surface area contributed by atoms with Gasteiger partial charge in [0.05, 0.1) is 5.70 Å². The van der Waals surface area contributed by atoms with Crippen molar-refractivity contribution >= 4 is 39.5 Å². The minimum atomic E-state index is -0.754. The average molecular weight is 385 g/mol. The molecule has 2 bridgehead atoms. The van der Waals surface area contributed by atoms with Crippen molar-refractivity contribution in [2.75, 3.05) is 25.0 Å². The van der Waals surface area contributed by atoms with Crippen LogP contribution in [-0.2, 0) is 4.74 Å². The van der Waals surface area contributed by atoms with Crippen LogP contribution in [0.5, 0.6) is 0 Å². The summed E-state index contributed by atoms with van der Waals surface area (Å²) in [6, 6.07) is 5.22. The van der Waals surface area contributed by atoms with Gasteiger partial charge in [0.15, 0.2) is 5.82 Å². The summed E-state index contributed by atoms with van der Waals surface area (Å²) < 4.78 is 33.7. The monoisotopic (exact) mass is 384 g/mol. The van der Waals surface area contributed by atoms with E-state index in [1.54, 1.807) is 18.2 Å². The Kier molecular flexibility index (Phi) is 4.17. The second-order valence-electron chi connectivity index (χ2n) is 7.08. The summed E-state index contributed by atoms with van der Waals surface area (Å²) in [7, 11) is 0. The Morgan fingerprint density at radius 3 is 2.76 bits per heavy atom. The number of benzene rings is 1. The number of halogens is 3. The van der Waals surface area contributed by atoms with E-state index in [1.807, 2.05) is 6.26 Å². The van der Waals surface area contributed by atoms with E-state index in [1.165, 1.54) is 25.9 Å². The Labute approximate surface area is 155 Å². The Bertz CT molecular complexity index is 847. The Morgan fingerprint density at radius 1 is 1.24 bits per heavy atom. The van der Waals surface area contributed by atoms with Crippen LogP contribution in [0, 0.1) is 16.9 Å². The number of piperidine rings is 3. The van der Waals surface area contributed by atoms with Crippen LogP contribution in [0.3, 0.4) is 0 Å². The standard InChI is InChI=1S/C18H18F2N2OS.ClH/c19-16-14-2-1-12(7-15(14)24-17(16)20)21-13-8-18(23-9-13)10-22-5-3-11(18)4-6-22;/h1-2,7,9,11,21H,3-6,8,10H2;1H/t18-;/m0./s1. The zero-order valence-corrected chi connectivity index (χ0v) is 15.2. The summed E-state index contributed by atoms with van der Waals surface area (Å²) in [6.07, 6.45) is 5.13. The van der Waals surface area contributed by atoms with Crippen molar-refractivity contribution in [1.82, 2.24) is 4.90 Å². The molecule has 1 spiro atoms. The lowest BCUT2D eigenvalue weighted by atomic mass is 9.73. The van der Waals surface area contributed by atoms with Crippen LogP contribution in [0.25, 0.3) is 10.1 Å². The summed E-state index contributed by atoms with van der Waals surface area (Å²) in [5.74, 6) is -0.128. The van der Waals surface area contributed by atoms with Crippen molar-refractivity contribution in [1.29, 1.82) is 0 Å². The van der Waals surface area contributed by atoms with Crippen molar-refractivity contribution in [2.24, 2.45) is 5.92 Å². The predicted molar refractivity (Wildman–Crippen MR) is 98.3 cm³/mol. The smallest absolute Gasteiger partial charge is 0.213 e. The molecule has 5 heterocycles. The lowest BCUT2D eigenvalue weighted by Gasteiger charge is -2.50. The highest BCUT2D eigenvalue weighted by Crippen LogP contribution is 2.45. The molecule has 6 rings (SSSR count). The zero-order chi connectivity index (χ0) is 16.3. The van der Waals surface area contributed by atoms with Crippen LogP contribution in [0.4, 0.5) is 14.5 Å². The highest BCUT2D eigenvalue weighted by molar-refractivity contribution is 7.17. The summed E-state index contributed by atoms with van der Waals surface area (Å²) in [4.78, 5) is 2.49. The number of thiophene rings is 1. The molecule has 0 radical (unpaired) electrons. The number of hydrogen-bond acceptors (Lipinski definition) is 4. The van der Waals surface area contributed by atoms with Gasteiger partial charge in [-0.15, -0.1) is 23.7 Å². The third kappa shape index (κ3) is 2.71. The molecule has 1 N–H and O–H groups in total. The predicted octanol–water partition coefficient (Wildman–Crippen LogP) is 4.74. The van der Waals surface area contributed by atoms with Crippen molar-refractivity contribution in [3.8, 4) is 0 Å². The number of nitrogens with zero attached hydrogens (tertiary/aromatic N) is 1. The maximum absolute atomic E-state index is 13.6. The molecule has 0 amide bonds. The van der Waals surface area contributed by atoms with Crippen molar-refractivity contribution in [2.45, 2.75) is 24.9 Å². The fourth-order valence-electron chi connectivity index (χ4n) is 4.42. The maximum Gasteiger partial charge on any atom is 0.213 e. The summed E-state index contributed by atoms with van der Waals surface area (Å²) in [6.45, 7) is 3.37. The molecular weight excluding hydrogens is 366 g/mol. The molecule has 7 heteroatoms. The summed E-state index contributed by atoms with van der Waals surface area (Å²) >= 11 is 0.843. The average Bonchev–Trinajstić information content (AvgIpc) is 3.10. The third-order valence-electron chi connectivity index (χ3n) is 5.64. The molecule has 0 saturated carbocycles. The molecule has 1 atom stereocenters. The molecule has 134 valence electrons. The normalized spacial score (nSPS) is 30.2. The van der Waals surface area contributed by atoms with Gasteiger partial charge in [-0.1, -0.05) is 0 Å². The number of hydrogen-bond donors (Lipinski definition) is 1. The van der Waals surface area contributed by atoms with Gasteiger partial charge in [0, 0.05) is 34.7 Å². The number of ether oxygens (including phenoxy) is 1. The van der Waals surface area contributed by atoms with Gasteiger partial charge in [-0.25, -0.2) is 4.39 Å². The van der Waals surface area contributed by atoms with Crippen LogP contribution >= 0.6 is 23.7 Å². The largest absolute Gasteiger partial charge is 0.491 e. The van der Waals surface area contributed by atoms with Crippen molar-refractivity contribution < 1.29 is 13.5 Å². The minimum Gasteiger partial charge on any atom is -0.491 e. The van der Waals surface area contributed by atoms with E-state index in [-0.39, 0.29) is 18.0 Å². The highest BCUT2D eigenvalue weighted by atomic mass is 35.5. The first-order chi connectivity index (χ1) is 11.6. The molecular formula is C18H19ClF2N2OS. The second kappa shape index (κ2) is 6.11. The van der Waals surface area contributed by atoms with Gasteiger partial charge in [0.2, 0.25) is 5.13 Å². The molecule has 0 aliphatic carbocycles. The maximum atomic E-state index is 13.6. The SMILES string of the molecule is Cl.Fc1sc2cc(NC3=CO[C@@]4(C3)CN3CCC4CC3)ccc2c1F. The molecule has 1 aromatic carbocycles. The topological polar surface area (TPSA) is 24.5 Å². The molecule has 0 unspecified atom stereocenters. The lowest BCUT2D eigenvalue weighted by Crippen LogP contribution is -2.58. The molecule has 25 heavy (non-hydrogen) atoms. The van der Waals surface area contributed by atoms with E-state index >= 15 is 0 Å². The fourth-order valence-corrected chi connectivity index (χ4v) is 5.27. The molecule has 4 aliphatic rings. The van der Waals surface area contributed by atoms with E-state index < -0.39 is 10.9 Å². The Balaban J connectivity index is 0.00000157. The van der Waals surface area contributed by atoms with E-state index in [0.717, 1.165) is 35.7 Å². The highest BCUT2D eigenvalue weighted by Gasteiger charge is 2.50. The third-order valence-corrected chi connectivity index (χ3v) is 6.56. The van der Waals surface area contributed by atoms with Gasteiger partial charge in [-0.2, -0.15) is 4.39 Å².